The number of aromatic nitrogens is 4. The molecule has 3 rings (SSSR count). The van der Waals surface area contributed by atoms with Crippen LogP contribution in [-0.4, -0.2) is 19.6 Å². The van der Waals surface area contributed by atoms with E-state index in [-0.39, 0.29) is 0 Å². The highest BCUT2D eigenvalue weighted by atomic mass is 35.5. The number of hydrogen-bond acceptors (Lipinski definition) is 2. The van der Waals surface area contributed by atoms with Gasteiger partial charge in [0.05, 0.1) is 22.1 Å². The summed E-state index contributed by atoms with van der Waals surface area (Å²) in [5, 5.41) is 9.77. The van der Waals surface area contributed by atoms with Gasteiger partial charge in [-0.1, -0.05) is 17.7 Å². The predicted molar refractivity (Wildman–Crippen MR) is 84.6 cm³/mol. The van der Waals surface area contributed by atoms with E-state index >= 15 is 0 Å². The minimum atomic E-state index is 0.659. The summed E-state index contributed by atoms with van der Waals surface area (Å²) in [6.45, 7) is 8.01. The fourth-order valence-corrected chi connectivity index (χ4v) is 2.86. The molecule has 3 aromatic rings. The van der Waals surface area contributed by atoms with E-state index in [1.165, 1.54) is 0 Å². The molecule has 0 atom stereocenters. The zero-order chi connectivity index (χ0) is 15.1. The molecule has 0 N–H and O–H groups in total. The quantitative estimate of drug-likeness (QED) is 0.718. The van der Waals surface area contributed by atoms with Gasteiger partial charge in [-0.2, -0.15) is 10.2 Å². The Kier molecular flexibility index (Phi) is 3.33. The third kappa shape index (κ3) is 2.36. The van der Waals surface area contributed by atoms with Crippen molar-refractivity contribution in [1.29, 1.82) is 0 Å². The molecule has 0 aliphatic carbocycles. The van der Waals surface area contributed by atoms with Gasteiger partial charge in [0, 0.05) is 11.4 Å². The number of benzene rings is 1. The third-order valence-corrected chi connectivity index (χ3v) is 3.73. The van der Waals surface area contributed by atoms with Crippen molar-refractivity contribution in [3.8, 4) is 11.4 Å². The highest BCUT2D eigenvalue weighted by molar-refractivity contribution is 6.32. The molecule has 0 amide bonds. The first-order chi connectivity index (χ1) is 9.97. The van der Waals surface area contributed by atoms with Crippen molar-refractivity contribution in [1.82, 2.24) is 19.6 Å². The summed E-state index contributed by atoms with van der Waals surface area (Å²) < 4.78 is 3.79. The lowest BCUT2D eigenvalue weighted by Gasteiger charge is -2.14. The maximum atomic E-state index is 6.45. The minimum absolute atomic E-state index is 0.659. The van der Waals surface area contributed by atoms with Crippen LogP contribution in [0.1, 0.15) is 22.8 Å². The summed E-state index contributed by atoms with van der Waals surface area (Å²) >= 11 is 6.45. The fourth-order valence-electron chi connectivity index (χ4n) is 2.61. The average Bonchev–Trinajstić information content (AvgIpc) is 2.91. The minimum Gasteiger partial charge on any atom is -0.236 e. The van der Waals surface area contributed by atoms with Crippen molar-refractivity contribution in [2.45, 2.75) is 27.7 Å². The van der Waals surface area contributed by atoms with Gasteiger partial charge in [0.2, 0.25) is 0 Å². The summed E-state index contributed by atoms with van der Waals surface area (Å²) in [4.78, 5) is 0. The summed E-state index contributed by atoms with van der Waals surface area (Å²) in [5.74, 6) is 0. The van der Waals surface area contributed by atoms with Crippen LogP contribution in [0.25, 0.3) is 11.4 Å². The van der Waals surface area contributed by atoms with Crippen molar-refractivity contribution in [2.24, 2.45) is 0 Å². The number of rotatable bonds is 2. The predicted octanol–water partition coefficient (Wildman–Crippen LogP) is 3.95. The van der Waals surface area contributed by atoms with Crippen LogP contribution in [0.3, 0.4) is 0 Å². The highest BCUT2D eigenvalue weighted by Gasteiger charge is 2.16. The lowest BCUT2D eigenvalue weighted by molar-refractivity contribution is 0.784. The maximum absolute atomic E-state index is 6.45. The van der Waals surface area contributed by atoms with Gasteiger partial charge in [-0.15, -0.1) is 0 Å². The summed E-state index contributed by atoms with van der Waals surface area (Å²) in [6.07, 6.45) is 0. The van der Waals surface area contributed by atoms with Crippen LogP contribution in [0.5, 0.6) is 0 Å². The molecule has 0 radical (unpaired) electrons. The van der Waals surface area contributed by atoms with E-state index in [1.807, 2.05) is 67.4 Å². The van der Waals surface area contributed by atoms with Crippen LogP contribution < -0.4 is 0 Å². The topological polar surface area (TPSA) is 35.6 Å². The molecule has 0 unspecified atom stereocenters. The molecule has 2 aromatic heterocycles. The van der Waals surface area contributed by atoms with Crippen LogP contribution in [0.4, 0.5) is 0 Å². The fraction of sp³-hybridized carbons (Fsp3) is 0.250. The lowest BCUT2D eigenvalue weighted by atomic mass is 10.2. The Morgan fingerprint density at radius 2 is 1.43 bits per heavy atom. The largest absolute Gasteiger partial charge is 0.236 e. The summed E-state index contributed by atoms with van der Waals surface area (Å²) in [6, 6.07) is 9.91. The third-order valence-electron chi connectivity index (χ3n) is 3.42. The summed E-state index contributed by atoms with van der Waals surface area (Å²) in [7, 11) is 0. The molecule has 5 heteroatoms. The first kappa shape index (κ1) is 13.9. The van der Waals surface area contributed by atoms with Gasteiger partial charge >= 0.3 is 0 Å². The van der Waals surface area contributed by atoms with Crippen LogP contribution in [0.2, 0.25) is 5.02 Å². The van der Waals surface area contributed by atoms with Crippen LogP contribution >= 0.6 is 11.6 Å². The molecule has 4 nitrogen and oxygen atoms in total. The molecule has 21 heavy (non-hydrogen) atoms. The van der Waals surface area contributed by atoms with Gasteiger partial charge in [0.15, 0.2) is 0 Å². The first-order valence-electron chi connectivity index (χ1n) is 6.83. The molecule has 2 heterocycles. The van der Waals surface area contributed by atoms with E-state index in [0.717, 1.165) is 34.2 Å². The molecule has 1 aromatic carbocycles. The molecule has 0 aliphatic rings. The number of halogens is 1. The Morgan fingerprint density at radius 3 is 1.95 bits per heavy atom. The number of para-hydroxylation sites is 1. The number of hydrogen-bond donors (Lipinski definition) is 0. The molecular weight excluding hydrogens is 284 g/mol. The second-order valence-corrected chi connectivity index (χ2v) is 5.69. The monoisotopic (exact) mass is 300 g/mol. The molecule has 0 saturated heterocycles. The van der Waals surface area contributed by atoms with E-state index in [4.69, 9.17) is 11.6 Å². The van der Waals surface area contributed by atoms with Crippen molar-refractivity contribution in [2.75, 3.05) is 0 Å². The lowest BCUT2D eigenvalue weighted by Crippen LogP contribution is -2.08. The Bertz CT molecular complexity index is 814. The smallest absolute Gasteiger partial charge is 0.109 e. The van der Waals surface area contributed by atoms with Gasteiger partial charge in [-0.3, -0.25) is 0 Å². The molecule has 0 fully saturated rings. The number of aryl methyl sites for hydroxylation is 4. The Labute approximate surface area is 129 Å². The van der Waals surface area contributed by atoms with Gasteiger partial charge in [-0.25, -0.2) is 9.36 Å². The van der Waals surface area contributed by atoms with Crippen molar-refractivity contribution in [3.05, 3.63) is 58.1 Å². The van der Waals surface area contributed by atoms with Gasteiger partial charge in [-0.05, 0) is 52.0 Å². The van der Waals surface area contributed by atoms with Crippen LogP contribution in [0.15, 0.2) is 30.3 Å². The SMILES string of the molecule is Cc1cc(C)n(-c2cccc(Cl)c2-n2nc(C)cc2C)n1. The van der Waals surface area contributed by atoms with Gasteiger partial charge in [0.1, 0.15) is 5.69 Å². The number of nitrogens with zero attached hydrogens (tertiary/aromatic N) is 4. The molecule has 0 saturated carbocycles. The van der Waals surface area contributed by atoms with E-state index < -0.39 is 0 Å². The van der Waals surface area contributed by atoms with E-state index in [9.17, 15) is 0 Å². The first-order valence-corrected chi connectivity index (χ1v) is 7.21. The molecular formula is C16H17ClN4. The Morgan fingerprint density at radius 1 is 0.857 bits per heavy atom. The molecule has 0 aliphatic heterocycles. The Balaban J connectivity index is 2.30. The van der Waals surface area contributed by atoms with Crippen molar-refractivity contribution < 1.29 is 0 Å². The van der Waals surface area contributed by atoms with Crippen molar-refractivity contribution >= 4 is 11.6 Å². The highest BCUT2D eigenvalue weighted by Crippen LogP contribution is 2.29. The van der Waals surface area contributed by atoms with E-state index in [0.29, 0.717) is 5.02 Å². The molecule has 0 spiro atoms. The second kappa shape index (κ2) is 5.04. The Hall–Kier alpha value is -2.07. The standard InChI is InChI=1S/C16H17ClN4/c1-10-8-12(3)20(18-10)15-7-5-6-14(17)16(15)21-13(4)9-11(2)19-21/h5-9H,1-4H3. The van der Waals surface area contributed by atoms with Crippen molar-refractivity contribution in [3.63, 3.8) is 0 Å². The zero-order valence-electron chi connectivity index (χ0n) is 12.6. The van der Waals surface area contributed by atoms with E-state index in [2.05, 4.69) is 10.2 Å². The normalized spacial score (nSPS) is 11.1. The average molecular weight is 301 g/mol. The maximum Gasteiger partial charge on any atom is 0.109 e. The zero-order valence-corrected chi connectivity index (χ0v) is 13.3. The van der Waals surface area contributed by atoms with Crippen LogP contribution in [0, 0.1) is 27.7 Å². The summed E-state index contributed by atoms with van der Waals surface area (Å²) in [5.41, 5.74) is 5.84. The molecule has 108 valence electrons. The molecule has 0 bridgehead atoms. The van der Waals surface area contributed by atoms with Crippen LogP contribution in [-0.2, 0) is 0 Å². The van der Waals surface area contributed by atoms with Gasteiger partial charge in [0.25, 0.3) is 0 Å². The second-order valence-electron chi connectivity index (χ2n) is 5.29. The van der Waals surface area contributed by atoms with Gasteiger partial charge < -0.3 is 0 Å². The van der Waals surface area contributed by atoms with E-state index in [1.54, 1.807) is 0 Å².